The van der Waals surface area contributed by atoms with Gasteiger partial charge in [0.05, 0.1) is 12.2 Å². The SMILES string of the molecule is C[C@H]1CN(C(=O)Nc2cccc(-c3nccn3C)c2)C[C@H](C)O1. The molecule has 1 aromatic heterocycles. The van der Waals surface area contributed by atoms with Gasteiger partial charge in [-0.25, -0.2) is 9.78 Å². The third-order valence-electron chi connectivity index (χ3n) is 3.90. The van der Waals surface area contributed by atoms with Crippen LogP contribution in [0.15, 0.2) is 36.7 Å². The molecule has 1 aliphatic heterocycles. The van der Waals surface area contributed by atoms with E-state index in [1.807, 2.05) is 55.9 Å². The molecule has 1 aliphatic rings. The second-order valence-corrected chi connectivity index (χ2v) is 6.04. The fourth-order valence-corrected chi connectivity index (χ4v) is 2.93. The number of nitrogens with one attached hydrogen (secondary N) is 1. The number of urea groups is 1. The van der Waals surface area contributed by atoms with Crippen LogP contribution >= 0.6 is 0 Å². The number of hydrogen-bond donors (Lipinski definition) is 1. The van der Waals surface area contributed by atoms with Gasteiger partial charge in [0.1, 0.15) is 5.82 Å². The van der Waals surface area contributed by atoms with Gasteiger partial charge in [-0.2, -0.15) is 0 Å². The number of imidazole rings is 1. The lowest BCUT2D eigenvalue weighted by molar-refractivity contribution is -0.0530. The second-order valence-electron chi connectivity index (χ2n) is 6.04. The summed E-state index contributed by atoms with van der Waals surface area (Å²) in [5.41, 5.74) is 1.74. The molecule has 2 amide bonds. The van der Waals surface area contributed by atoms with Crippen LogP contribution in [0.25, 0.3) is 11.4 Å². The van der Waals surface area contributed by atoms with Gasteiger partial charge in [-0.15, -0.1) is 0 Å². The van der Waals surface area contributed by atoms with Crippen molar-refractivity contribution < 1.29 is 9.53 Å². The Bertz CT molecular complexity index is 687. The van der Waals surface area contributed by atoms with Gasteiger partial charge in [0.25, 0.3) is 0 Å². The third kappa shape index (κ3) is 3.53. The van der Waals surface area contributed by atoms with E-state index >= 15 is 0 Å². The van der Waals surface area contributed by atoms with Crippen LogP contribution in [0.5, 0.6) is 0 Å². The summed E-state index contributed by atoms with van der Waals surface area (Å²) in [6.07, 6.45) is 3.78. The minimum Gasteiger partial charge on any atom is -0.372 e. The molecule has 122 valence electrons. The van der Waals surface area contributed by atoms with Crippen LogP contribution in [0.4, 0.5) is 10.5 Å². The first kappa shape index (κ1) is 15.6. The maximum atomic E-state index is 12.5. The van der Waals surface area contributed by atoms with E-state index < -0.39 is 0 Å². The number of rotatable bonds is 2. The summed E-state index contributed by atoms with van der Waals surface area (Å²) in [7, 11) is 1.95. The van der Waals surface area contributed by atoms with Crippen molar-refractivity contribution in [2.24, 2.45) is 7.05 Å². The fraction of sp³-hybridized carbons (Fsp3) is 0.412. The summed E-state index contributed by atoms with van der Waals surface area (Å²) < 4.78 is 7.62. The Morgan fingerprint density at radius 2 is 2.04 bits per heavy atom. The molecule has 0 saturated carbocycles. The van der Waals surface area contributed by atoms with Gasteiger partial charge in [0.15, 0.2) is 0 Å². The first-order valence-corrected chi connectivity index (χ1v) is 7.82. The van der Waals surface area contributed by atoms with Crippen LogP contribution in [-0.2, 0) is 11.8 Å². The molecule has 0 unspecified atom stereocenters. The molecular weight excluding hydrogens is 292 g/mol. The number of carbonyl (C=O) groups excluding carboxylic acids is 1. The van der Waals surface area contributed by atoms with Gasteiger partial charge in [0.2, 0.25) is 0 Å². The average Bonchev–Trinajstić information content (AvgIpc) is 2.92. The molecule has 1 saturated heterocycles. The smallest absolute Gasteiger partial charge is 0.322 e. The molecule has 0 bridgehead atoms. The molecule has 6 nitrogen and oxygen atoms in total. The van der Waals surface area contributed by atoms with E-state index in [4.69, 9.17) is 4.74 Å². The van der Waals surface area contributed by atoms with Crippen molar-refractivity contribution in [3.05, 3.63) is 36.7 Å². The predicted molar refractivity (Wildman–Crippen MR) is 89.2 cm³/mol. The Balaban J connectivity index is 1.73. The molecule has 2 atom stereocenters. The quantitative estimate of drug-likeness (QED) is 0.927. The molecule has 0 spiro atoms. The summed E-state index contributed by atoms with van der Waals surface area (Å²) in [5, 5.41) is 2.97. The van der Waals surface area contributed by atoms with Gasteiger partial charge in [-0.3, -0.25) is 0 Å². The number of aryl methyl sites for hydroxylation is 1. The topological polar surface area (TPSA) is 59.4 Å². The lowest BCUT2D eigenvalue weighted by Crippen LogP contribution is -2.49. The molecule has 0 aliphatic carbocycles. The fourth-order valence-electron chi connectivity index (χ4n) is 2.93. The van der Waals surface area contributed by atoms with E-state index in [9.17, 15) is 4.79 Å². The Hall–Kier alpha value is -2.34. The zero-order valence-electron chi connectivity index (χ0n) is 13.7. The summed E-state index contributed by atoms with van der Waals surface area (Å²) in [4.78, 5) is 18.6. The summed E-state index contributed by atoms with van der Waals surface area (Å²) in [5.74, 6) is 0.870. The van der Waals surface area contributed by atoms with Crippen molar-refractivity contribution in [1.29, 1.82) is 0 Å². The molecule has 2 heterocycles. The Morgan fingerprint density at radius 3 is 2.70 bits per heavy atom. The zero-order valence-corrected chi connectivity index (χ0v) is 13.7. The van der Waals surface area contributed by atoms with Crippen molar-refractivity contribution in [2.45, 2.75) is 26.1 Å². The predicted octanol–water partition coefficient (Wildman–Crippen LogP) is 2.73. The van der Waals surface area contributed by atoms with Gasteiger partial charge >= 0.3 is 6.03 Å². The first-order valence-electron chi connectivity index (χ1n) is 7.82. The first-order chi connectivity index (χ1) is 11.0. The number of benzene rings is 1. The molecule has 1 fully saturated rings. The van der Waals surface area contributed by atoms with E-state index in [0.29, 0.717) is 13.1 Å². The number of morpholine rings is 1. The number of carbonyl (C=O) groups is 1. The van der Waals surface area contributed by atoms with E-state index in [0.717, 1.165) is 17.1 Å². The van der Waals surface area contributed by atoms with Crippen molar-refractivity contribution in [3.63, 3.8) is 0 Å². The second kappa shape index (κ2) is 6.42. The third-order valence-corrected chi connectivity index (χ3v) is 3.90. The lowest BCUT2D eigenvalue weighted by Gasteiger charge is -2.35. The Kier molecular flexibility index (Phi) is 4.34. The van der Waals surface area contributed by atoms with Crippen LogP contribution in [0, 0.1) is 0 Å². The summed E-state index contributed by atoms with van der Waals surface area (Å²) in [6.45, 7) is 5.18. The van der Waals surface area contributed by atoms with Crippen LogP contribution in [0.2, 0.25) is 0 Å². The van der Waals surface area contributed by atoms with Crippen LogP contribution < -0.4 is 5.32 Å². The number of hydrogen-bond acceptors (Lipinski definition) is 3. The lowest BCUT2D eigenvalue weighted by atomic mass is 10.2. The van der Waals surface area contributed by atoms with Crippen molar-refractivity contribution in [1.82, 2.24) is 14.5 Å². The van der Waals surface area contributed by atoms with Crippen molar-refractivity contribution >= 4 is 11.7 Å². The van der Waals surface area contributed by atoms with Crippen LogP contribution in [-0.4, -0.2) is 45.8 Å². The molecule has 1 aromatic carbocycles. The normalized spacial score (nSPS) is 21.3. The van der Waals surface area contributed by atoms with Crippen molar-refractivity contribution in [2.75, 3.05) is 18.4 Å². The highest BCUT2D eigenvalue weighted by Gasteiger charge is 2.25. The molecule has 0 radical (unpaired) electrons. The van der Waals surface area contributed by atoms with E-state index in [2.05, 4.69) is 10.3 Å². The maximum Gasteiger partial charge on any atom is 0.322 e. The average molecular weight is 314 g/mol. The van der Waals surface area contributed by atoms with E-state index in [1.54, 1.807) is 11.1 Å². The number of anilines is 1. The molecule has 23 heavy (non-hydrogen) atoms. The largest absolute Gasteiger partial charge is 0.372 e. The number of nitrogens with zero attached hydrogens (tertiary/aromatic N) is 3. The Morgan fingerprint density at radius 1 is 1.30 bits per heavy atom. The zero-order chi connectivity index (χ0) is 16.4. The standard InChI is InChI=1S/C17H22N4O2/c1-12-10-21(11-13(2)23-12)17(22)19-15-6-4-5-14(9-15)16-18-7-8-20(16)3/h4-9,12-13H,10-11H2,1-3H3,(H,19,22)/t12-,13-/m0/s1. The monoisotopic (exact) mass is 314 g/mol. The van der Waals surface area contributed by atoms with Gasteiger partial charge < -0.3 is 19.5 Å². The molecule has 1 N–H and O–H groups in total. The highest BCUT2D eigenvalue weighted by atomic mass is 16.5. The van der Waals surface area contributed by atoms with Crippen LogP contribution in [0.1, 0.15) is 13.8 Å². The maximum absolute atomic E-state index is 12.5. The number of ether oxygens (including phenoxy) is 1. The van der Waals surface area contributed by atoms with Gasteiger partial charge in [-0.1, -0.05) is 12.1 Å². The van der Waals surface area contributed by atoms with Gasteiger partial charge in [0, 0.05) is 43.8 Å². The minimum atomic E-state index is -0.0935. The molecule has 2 aromatic rings. The molecule has 3 rings (SSSR count). The molecular formula is C17H22N4O2. The van der Waals surface area contributed by atoms with E-state index in [-0.39, 0.29) is 18.2 Å². The van der Waals surface area contributed by atoms with Crippen LogP contribution in [0.3, 0.4) is 0 Å². The molecule has 6 heteroatoms. The minimum absolute atomic E-state index is 0.0587. The summed E-state index contributed by atoms with van der Waals surface area (Å²) >= 11 is 0. The highest BCUT2D eigenvalue weighted by Crippen LogP contribution is 2.21. The number of amides is 2. The van der Waals surface area contributed by atoms with Crippen molar-refractivity contribution in [3.8, 4) is 11.4 Å². The Labute approximate surface area is 136 Å². The van der Waals surface area contributed by atoms with Gasteiger partial charge in [-0.05, 0) is 26.0 Å². The number of aromatic nitrogens is 2. The van der Waals surface area contributed by atoms with E-state index in [1.165, 1.54) is 0 Å². The highest BCUT2D eigenvalue weighted by molar-refractivity contribution is 5.90. The summed E-state index contributed by atoms with van der Waals surface area (Å²) in [6, 6.07) is 7.63.